The predicted molar refractivity (Wildman–Crippen MR) is 69.9 cm³/mol. The SMILES string of the molecule is CNC(c1ccc(Cl)c(Br)c1)C1CCOC1. The first kappa shape index (κ1) is 12.4. The average Bonchev–Trinajstić information content (AvgIpc) is 2.78. The standard InChI is InChI=1S/C12H15BrClNO/c1-15-12(9-4-5-16-7-9)8-2-3-11(14)10(13)6-8/h2-3,6,9,12,15H,4-5,7H2,1H3. The van der Waals surface area contributed by atoms with Crippen molar-refractivity contribution in [1.82, 2.24) is 5.32 Å². The minimum absolute atomic E-state index is 0.344. The van der Waals surface area contributed by atoms with Gasteiger partial charge in [0.25, 0.3) is 0 Å². The molecule has 1 aromatic rings. The highest BCUT2D eigenvalue weighted by Crippen LogP contribution is 2.32. The highest BCUT2D eigenvalue weighted by molar-refractivity contribution is 9.10. The molecule has 0 spiro atoms. The van der Waals surface area contributed by atoms with Gasteiger partial charge in [-0.1, -0.05) is 17.7 Å². The molecule has 16 heavy (non-hydrogen) atoms. The van der Waals surface area contributed by atoms with Crippen molar-refractivity contribution >= 4 is 27.5 Å². The first-order valence-electron chi connectivity index (χ1n) is 5.42. The molecular formula is C12H15BrClNO. The molecule has 1 fully saturated rings. The second kappa shape index (κ2) is 5.50. The Balaban J connectivity index is 2.22. The lowest BCUT2D eigenvalue weighted by Crippen LogP contribution is -2.25. The van der Waals surface area contributed by atoms with Crippen molar-refractivity contribution in [2.45, 2.75) is 12.5 Å². The monoisotopic (exact) mass is 303 g/mol. The van der Waals surface area contributed by atoms with Crippen molar-refractivity contribution in [2.75, 3.05) is 20.3 Å². The molecule has 0 amide bonds. The number of rotatable bonds is 3. The number of hydrogen-bond acceptors (Lipinski definition) is 2. The van der Waals surface area contributed by atoms with Gasteiger partial charge < -0.3 is 10.1 Å². The van der Waals surface area contributed by atoms with Crippen molar-refractivity contribution in [3.05, 3.63) is 33.3 Å². The maximum absolute atomic E-state index is 6.00. The van der Waals surface area contributed by atoms with Gasteiger partial charge in [-0.2, -0.15) is 0 Å². The van der Waals surface area contributed by atoms with E-state index in [9.17, 15) is 0 Å². The van der Waals surface area contributed by atoms with E-state index in [2.05, 4.69) is 33.4 Å². The van der Waals surface area contributed by atoms with Crippen molar-refractivity contribution in [3.63, 3.8) is 0 Å². The van der Waals surface area contributed by atoms with E-state index >= 15 is 0 Å². The lowest BCUT2D eigenvalue weighted by Gasteiger charge is -2.22. The fourth-order valence-electron chi connectivity index (χ4n) is 2.20. The molecule has 2 atom stereocenters. The van der Waals surface area contributed by atoms with Crippen LogP contribution in [0.3, 0.4) is 0 Å². The van der Waals surface area contributed by atoms with Crippen LogP contribution in [-0.2, 0) is 4.74 Å². The van der Waals surface area contributed by atoms with Crippen LogP contribution < -0.4 is 5.32 Å². The van der Waals surface area contributed by atoms with Gasteiger partial charge in [-0.25, -0.2) is 0 Å². The van der Waals surface area contributed by atoms with Crippen LogP contribution in [0.2, 0.25) is 5.02 Å². The summed E-state index contributed by atoms with van der Waals surface area (Å²) in [6.07, 6.45) is 1.12. The quantitative estimate of drug-likeness (QED) is 0.924. The second-order valence-electron chi connectivity index (χ2n) is 4.06. The van der Waals surface area contributed by atoms with Crippen LogP contribution in [0.4, 0.5) is 0 Å². The Morgan fingerprint density at radius 2 is 2.38 bits per heavy atom. The van der Waals surface area contributed by atoms with E-state index in [1.54, 1.807) is 0 Å². The van der Waals surface area contributed by atoms with E-state index in [1.165, 1.54) is 5.56 Å². The molecule has 0 aliphatic carbocycles. The van der Waals surface area contributed by atoms with Crippen LogP contribution in [0.25, 0.3) is 0 Å². The average molecular weight is 305 g/mol. The summed E-state index contributed by atoms with van der Waals surface area (Å²) >= 11 is 9.46. The number of nitrogens with one attached hydrogen (secondary N) is 1. The number of halogens is 2. The van der Waals surface area contributed by atoms with E-state index < -0.39 is 0 Å². The van der Waals surface area contributed by atoms with Gasteiger partial charge in [0.15, 0.2) is 0 Å². The Labute approximate surface area is 109 Å². The lowest BCUT2D eigenvalue weighted by atomic mass is 9.92. The van der Waals surface area contributed by atoms with Gasteiger partial charge in [0.05, 0.1) is 11.6 Å². The van der Waals surface area contributed by atoms with E-state index in [0.717, 1.165) is 29.1 Å². The molecule has 2 nitrogen and oxygen atoms in total. The number of ether oxygens (including phenoxy) is 1. The van der Waals surface area contributed by atoms with Crippen LogP contribution in [-0.4, -0.2) is 20.3 Å². The summed E-state index contributed by atoms with van der Waals surface area (Å²) in [4.78, 5) is 0. The summed E-state index contributed by atoms with van der Waals surface area (Å²) in [5.41, 5.74) is 1.26. The Kier molecular flexibility index (Phi) is 4.25. The zero-order valence-corrected chi connectivity index (χ0v) is 11.5. The van der Waals surface area contributed by atoms with Crippen molar-refractivity contribution < 1.29 is 4.74 Å². The maximum Gasteiger partial charge on any atom is 0.0548 e. The van der Waals surface area contributed by atoms with Gasteiger partial charge in [-0.3, -0.25) is 0 Å². The predicted octanol–water partition coefficient (Wildman–Crippen LogP) is 3.40. The van der Waals surface area contributed by atoms with Crippen molar-refractivity contribution in [2.24, 2.45) is 5.92 Å². The fraction of sp³-hybridized carbons (Fsp3) is 0.500. The molecule has 2 unspecified atom stereocenters. The van der Waals surface area contributed by atoms with E-state index in [0.29, 0.717) is 12.0 Å². The van der Waals surface area contributed by atoms with Gasteiger partial charge in [-0.15, -0.1) is 0 Å². The first-order valence-corrected chi connectivity index (χ1v) is 6.59. The van der Waals surface area contributed by atoms with Crippen LogP contribution in [0.15, 0.2) is 22.7 Å². The van der Waals surface area contributed by atoms with Crippen molar-refractivity contribution in [1.29, 1.82) is 0 Å². The zero-order chi connectivity index (χ0) is 11.5. The fourth-order valence-corrected chi connectivity index (χ4v) is 2.71. The zero-order valence-electron chi connectivity index (χ0n) is 9.17. The largest absolute Gasteiger partial charge is 0.381 e. The summed E-state index contributed by atoms with van der Waals surface area (Å²) in [6, 6.07) is 6.44. The third-order valence-corrected chi connectivity index (χ3v) is 4.26. The van der Waals surface area contributed by atoms with Crippen LogP contribution in [0, 0.1) is 5.92 Å². The van der Waals surface area contributed by atoms with Gasteiger partial charge in [-0.05, 0) is 47.1 Å². The molecule has 1 aromatic carbocycles. The number of hydrogen-bond donors (Lipinski definition) is 1. The van der Waals surface area contributed by atoms with E-state index in [1.807, 2.05) is 13.1 Å². The molecular weight excluding hydrogens is 289 g/mol. The van der Waals surface area contributed by atoms with Gasteiger partial charge >= 0.3 is 0 Å². The smallest absolute Gasteiger partial charge is 0.0548 e. The third kappa shape index (κ3) is 2.59. The minimum atomic E-state index is 0.344. The Morgan fingerprint density at radius 3 is 2.94 bits per heavy atom. The van der Waals surface area contributed by atoms with Crippen molar-refractivity contribution in [3.8, 4) is 0 Å². The Hall–Kier alpha value is -0.0900. The first-order chi connectivity index (χ1) is 7.72. The van der Waals surface area contributed by atoms with Crippen LogP contribution in [0.5, 0.6) is 0 Å². The maximum atomic E-state index is 6.00. The summed E-state index contributed by atoms with van der Waals surface area (Å²) in [5.74, 6) is 0.554. The topological polar surface area (TPSA) is 21.3 Å². The second-order valence-corrected chi connectivity index (χ2v) is 5.33. The van der Waals surface area contributed by atoms with Crippen LogP contribution in [0.1, 0.15) is 18.0 Å². The summed E-state index contributed by atoms with van der Waals surface area (Å²) in [7, 11) is 1.99. The molecule has 1 N–H and O–H groups in total. The third-order valence-electron chi connectivity index (χ3n) is 3.05. The molecule has 0 aromatic heterocycles. The Morgan fingerprint density at radius 1 is 1.56 bits per heavy atom. The minimum Gasteiger partial charge on any atom is -0.381 e. The molecule has 88 valence electrons. The summed E-state index contributed by atoms with van der Waals surface area (Å²) in [5, 5.41) is 4.11. The molecule has 4 heteroatoms. The summed E-state index contributed by atoms with van der Waals surface area (Å²) < 4.78 is 6.39. The highest BCUT2D eigenvalue weighted by atomic mass is 79.9. The van der Waals surface area contributed by atoms with Crippen LogP contribution >= 0.6 is 27.5 Å². The number of benzene rings is 1. The molecule has 2 rings (SSSR count). The lowest BCUT2D eigenvalue weighted by molar-refractivity contribution is 0.178. The van der Waals surface area contributed by atoms with Gasteiger partial charge in [0.1, 0.15) is 0 Å². The molecule has 0 saturated carbocycles. The summed E-state index contributed by atoms with van der Waals surface area (Å²) in [6.45, 7) is 1.71. The van der Waals surface area contributed by atoms with Gasteiger partial charge in [0.2, 0.25) is 0 Å². The molecule has 1 aliphatic heterocycles. The molecule has 0 radical (unpaired) electrons. The molecule has 1 aliphatic rings. The molecule has 0 bridgehead atoms. The van der Waals surface area contributed by atoms with E-state index in [4.69, 9.17) is 16.3 Å². The Bertz CT molecular complexity index is 366. The molecule has 1 heterocycles. The van der Waals surface area contributed by atoms with Gasteiger partial charge in [0, 0.05) is 23.0 Å². The van der Waals surface area contributed by atoms with E-state index in [-0.39, 0.29) is 0 Å². The normalized spacial score (nSPS) is 22.3. The highest BCUT2D eigenvalue weighted by Gasteiger charge is 2.26. The molecule has 1 saturated heterocycles.